The first-order chi connectivity index (χ1) is 16.7. The van der Waals surface area contributed by atoms with Crippen LogP contribution in [-0.2, 0) is 9.53 Å². The molecule has 0 aromatic heterocycles. The molecule has 1 atom stereocenters. The van der Waals surface area contributed by atoms with Crippen molar-refractivity contribution in [3.8, 4) is 0 Å². The van der Waals surface area contributed by atoms with Crippen molar-refractivity contribution in [3.05, 3.63) is 72.8 Å². The Morgan fingerprint density at radius 3 is 1.83 bits per heavy atom. The van der Waals surface area contributed by atoms with Crippen LogP contribution in [0.25, 0.3) is 0 Å². The fourth-order valence-corrected chi connectivity index (χ4v) is 8.21. The molecule has 0 aliphatic rings. The number of carbonyl (C=O) groups excluding carboxylic acids is 2. The van der Waals surface area contributed by atoms with Crippen LogP contribution in [0.4, 0.5) is 4.79 Å². The lowest BCUT2D eigenvalue weighted by molar-refractivity contribution is -0.118. The van der Waals surface area contributed by atoms with Gasteiger partial charge in [-0.25, -0.2) is 4.79 Å². The van der Waals surface area contributed by atoms with Crippen molar-refractivity contribution in [2.45, 2.75) is 84.4 Å². The van der Waals surface area contributed by atoms with Gasteiger partial charge in [0.15, 0.2) is 5.78 Å². The monoisotopic (exact) mass is 509 g/mol. The highest BCUT2D eigenvalue weighted by molar-refractivity contribution is 6.98. The van der Waals surface area contributed by atoms with Crippen molar-refractivity contribution in [3.63, 3.8) is 0 Å². The Morgan fingerprint density at radius 1 is 0.944 bits per heavy atom. The third-order valence-corrected chi connectivity index (χ3v) is 11.0. The minimum absolute atomic E-state index is 0.185. The number of hydrogen-bond donors (Lipinski definition) is 2. The van der Waals surface area contributed by atoms with Crippen molar-refractivity contribution in [2.75, 3.05) is 0 Å². The maximum atomic E-state index is 13.4. The van der Waals surface area contributed by atoms with Gasteiger partial charge in [0, 0.05) is 0 Å². The zero-order valence-electron chi connectivity index (χ0n) is 22.9. The summed E-state index contributed by atoms with van der Waals surface area (Å²) in [5.74, 6) is 0.0155. The number of alkyl carbamates (subject to hydrolysis) is 1. The molecular weight excluding hydrogens is 466 g/mol. The molecule has 2 rings (SSSR count). The van der Waals surface area contributed by atoms with E-state index in [1.165, 1.54) is 0 Å². The first-order valence-electron chi connectivity index (χ1n) is 12.7. The molecule has 0 aliphatic heterocycles. The second-order valence-corrected chi connectivity index (χ2v) is 15.6. The number of nitrogens with one attached hydrogen (secondary N) is 1. The predicted molar refractivity (Wildman–Crippen MR) is 150 cm³/mol. The van der Waals surface area contributed by atoms with Crippen LogP contribution in [0.3, 0.4) is 0 Å². The second-order valence-electron chi connectivity index (χ2n) is 11.6. The van der Waals surface area contributed by atoms with Gasteiger partial charge in [-0.2, -0.15) is 0 Å². The van der Waals surface area contributed by atoms with Gasteiger partial charge in [-0.15, -0.1) is 0 Å². The topological polar surface area (TPSA) is 75.6 Å². The van der Waals surface area contributed by atoms with Crippen LogP contribution in [0.15, 0.2) is 72.8 Å². The molecule has 0 fully saturated rings. The van der Waals surface area contributed by atoms with E-state index in [9.17, 15) is 14.4 Å². The van der Waals surface area contributed by atoms with Crippen LogP contribution in [0.1, 0.15) is 67.7 Å². The summed E-state index contributed by atoms with van der Waals surface area (Å²) < 4.78 is 5.38. The molecule has 2 aromatic carbocycles. The zero-order chi connectivity index (χ0) is 27.1. The number of carbonyl (C=O) groups is 2. The van der Waals surface area contributed by atoms with E-state index >= 15 is 0 Å². The van der Waals surface area contributed by atoms with Crippen molar-refractivity contribution in [1.29, 1.82) is 0 Å². The van der Waals surface area contributed by atoms with E-state index in [1.807, 2.05) is 74.5 Å². The minimum atomic E-state index is -3.18. The Balaban J connectivity index is 2.24. The third-order valence-electron chi connectivity index (χ3n) is 6.48. The van der Waals surface area contributed by atoms with E-state index in [-0.39, 0.29) is 11.7 Å². The second kappa shape index (κ2) is 12.0. The number of amides is 1. The van der Waals surface area contributed by atoms with Gasteiger partial charge in [0.05, 0.1) is 6.04 Å². The molecule has 36 heavy (non-hydrogen) atoms. The number of ketones is 1. The molecule has 196 valence electrons. The summed E-state index contributed by atoms with van der Waals surface area (Å²) in [6.07, 6.45) is 0.883. The lowest BCUT2D eigenvalue weighted by Crippen LogP contribution is -2.65. The summed E-state index contributed by atoms with van der Waals surface area (Å²) in [4.78, 5) is 38.1. The molecule has 0 unspecified atom stereocenters. The molecular formula is C30H43NO4Si. The average molecular weight is 510 g/mol. The van der Waals surface area contributed by atoms with E-state index < -0.39 is 31.1 Å². The van der Waals surface area contributed by atoms with Gasteiger partial charge in [0.1, 0.15) is 5.60 Å². The normalized spacial score (nSPS) is 13.2. The zero-order valence-corrected chi connectivity index (χ0v) is 23.9. The third kappa shape index (κ3) is 7.65. The number of Topliss-reactive ketones (excluding diaryl/α,β-unsaturated/α-hetero) is 1. The van der Waals surface area contributed by atoms with E-state index in [2.05, 4.69) is 25.7 Å². The first kappa shape index (κ1) is 29.5. The molecule has 0 aliphatic carbocycles. The summed E-state index contributed by atoms with van der Waals surface area (Å²) in [6, 6.07) is 19.0. The highest BCUT2D eigenvalue weighted by atomic mass is 28.4. The highest BCUT2D eigenvalue weighted by Gasteiger charge is 2.49. The lowest BCUT2D eigenvalue weighted by atomic mass is 9.93. The van der Waals surface area contributed by atoms with Gasteiger partial charge < -0.3 is 14.8 Å². The van der Waals surface area contributed by atoms with Crippen LogP contribution < -0.4 is 15.7 Å². The Morgan fingerprint density at radius 2 is 1.42 bits per heavy atom. The molecule has 2 aromatic rings. The molecule has 0 saturated heterocycles. The van der Waals surface area contributed by atoms with Crippen LogP contribution in [0.5, 0.6) is 0 Å². The molecule has 0 bridgehead atoms. The van der Waals surface area contributed by atoms with Crippen LogP contribution in [-0.4, -0.2) is 36.6 Å². The standard InChI is InChI=1S/C30H43NO4Si/c1-22(2)21-26(31-28(33)35-29(4,5)6)27(32)23(3)19-20-30(7,8)36(34,24-15-11-9-12-16-24)25-17-13-10-14-18-25/h9-18,22,26,34H,3,19-21H2,1-2,4-8H3,(H,31,33)/t26-/m0/s1. The maximum Gasteiger partial charge on any atom is 0.408 e. The SMILES string of the molecule is C=C(CCC(C)(C)[Si](O)(c1ccccc1)c1ccccc1)C(=O)[C@H](CC(C)C)NC(=O)OC(C)(C)C. The molecule has 6 heteroatoms. The minimum Gasteiger partial charge on any atom is -0.444 e. The van der Waals surface area contributed by atoms with Crippen molar-refractivity contribution < 1.29 is 19.1 Å². The highest BCUT2D eigenvalue weighted by Crippen LogP contribution is 2.40. The molecule has 0 spiro atoms. The van der Waals surface area contributed by atoms with E-state index in [0.717, 1.165) is 10.4 Å². The smallest absolute Gasteiger partial charge is 0.408 e. The summed E-state index contributed by atoms with van der Waals surface area (Å²) in [7, 11) is -3.18. The number of ether oxygens (including phenoxy) is 1. The summed E-state index contributed by atoms with van der Waals surface area (Å²) in [5.41, 5.74) is -0.206. The van der Waals surface area contributed by atoms with Gasteiger partial charge in [-0.1, -0.05) is 94.9 Å². The van der Waals surface area contributed by atoms with Crippen LogP contribution in [0.2, 0.25) is 5.04 Å². The predicted octanol–water partition coefficient (Wildman–Crippen LogP) is 5.36. The summed E-state index contributed by atoms with van der Waals surface area (Å²) >= 11 is 0. The van der Waals surface area contributed by atoms with E-state index in [4.69, 9.17) is 4.74 Å². The number of hydrogen-bond acceptors (Lipinski definition) is 4. The maximum absolute atomic E-state index is 13.4. The Labute approximate surface area is 218 Å². The van der Waals surface area contributed by atoms with E-state index in [1.54, 1.807) is 20.8 Å². The van der Waals surface area contributed by atoms with Gasteiger partial charge >= 0.3 is 6.09 Å². The lowest BCUT2D eigenvalue weighted by Gasteiger charge is -2.41. The quantitative estimate of drug-likeness (QED) is 0.316. The molecule has 0 saturated carbocycles. The Hall–Kier alpha value is -2.70. The number of benzene rings is 2. The van der Waals surface area contributed by atoms with Crippen molar-refractivity contribution in [2.24, 2.45) is 5.92 Å². The van der Waals surface area contributed by atoms with Gasteiger partial charge in [0.2, 0.25) is 0 Å². The Kier molecular flexibility index (Phi) is 9.86. The fraction of sp³-hybridized carbons (Fsp3) is 0.467. The van der Waals surface area contributed by atoms with Crippen molar-refractivity contribution in [1.82, 2.24) is 5.32 Å². The number of rotatable bonds is 11. The van der Waals surface area contributed by atoms with Gasteiger partial charge in [0.25, 0.3) is 8.32 Å². The summed E-state index contributed by atoms with van der Waals surface area (Å²) in [6.45, 7) is 17.6. The largest absolute Gasteiger partial charge is 0.444 e. The summed E-state index contributed by atoms with van der Waals surface area (Å²) in [5, 5.41) is 4.12. The molecule has 1 amide bonds. The Bertz CT molecular complexity index is 986. The first-order valence-corrected chi connectivity index (χ1v) is 14.7. The van der Waals surface area contributed by atoms with Crippen molar-refractivity contribution >= 4 is 30.6 Å². The van der Waals surface area contributed by atoms with Gasteiger partial charge in [-0.05, 0) is 66.9 Å². The molecule has 5 nitrogen and oxygen atoms in total. The average Bonchev–Trinajstić information content (AvgIpc) is 2.80. The van der Waals surface area contributed by atoms with Gasteiger partial charge in [-0.3, -0.25) is 4.79 Å². The van der Waals surface area contributed by atoms with Crippen LogP contribution in [0, 0.1) is 5.92 Å². The fourth-order valence-electron chi connectivity index (χ4n) is 4.47. The molecule has 0 heterocycles. The molecule has 2 N–H and O–H groups in total. The van der Waals surface area contributed by atoms with E-state index in [0.29, 0.717) is 24.8 Å². The molecule has 0 radical (unpaired) electrons. The van der Waals surface area contributed by atoms with Crippen LogP contribution >= 0.6 is 0 Å².